The van der Waals surface area contributed by atoms with Gasteiger partial charge in [-0.1, -0.05) is 11.6 Å². The Hall–Kier alpha value is -2.49. The van der Waals surface area contributed by atoms with Crippen LogP contribution in [0.5, 0.6) is 5.75 Å². The molecule has 0 spiro atoms. The summed E-state index contributed by atoms with van der Waals surface area (Å²) in [5, 5.41) is 16.3. The third kappa shape index (κ3) is 4.51. The number of nitriles is 1. The van der Waals surface area contributed by atoms with Gasteiger partial charge in [0.25, 0.3) is 5.91 Å². The normalized spacial score (nSPS) is 11.0. The van der Waals surface area contributed by atoms with E-state index < -0.39 is 5.91 Å². The zero-order chi connectivity index (χ0) is 17.5. The van der Waals surface area contributed by atoms with Gasteiger partial charge >= 0.3 is 0 Å². The van der Waals surface area contributed by atoms with Gasteiger partial charge in [-0.05, 0) is 24.3 Å². The standard InChI is InChI=1S/C16H14Cl2N4O2/c1-24-15-3-2-13(7-14(15)18)21-16(23)12(8-19)6-11-9-20-22(10-11)5-4-17/h2-3,6-7,9-10H,4-5H2,1H3,(H,21,23). The van der Waals surface area contributed by atoms with Gasteiger partial charge in [0.05, 0.1) is 24.9 Å². The number of aromatic nitrogens is 2. The lowest BCUT2D eigenvalue weighted by molar-refractivity contribution is -0.112. The highest BCUT2D eigenvalue weighted by molar-refractivity contribution is 6.32. The number of carbonyl (C=O) groups excluding carboxylic acids is 1. The maximum atomic E-state index is 12.2. The quantitative estimate of drug-likeness (QED) is 0.484. The summed E-state index contributed by atoms with van der Waals surface area (Å²) in [5.41, 5.74) is 1.05. The first-order valence-corrected chi connectivity index (χ1v) is 7.83. The molecule has 0 aliphatic heterocycles. The van der Waals surface area contributed by atoms with Crippen LogP contribution in [0, 0.1) is 11.3 Å². The largest absolute Gasteiger partial charge is 0.495 e. The summed E-state index contributed by atoms with van der Waals surface area (Å²) in [4.78, 5) is 12.2. The molecule has 8 heteroatoms. The van der Waals surface area contributed by atoms with Gasteiger partial charge in [0.2, 0.25) is 0 Å². The molecule has 0 atom stereocenters. The van der Waals surface area contributed by atoms with Crippen LogP contribution in [0.4, 0.5) is 5.69 Å². The van der Waals surface area contributed by atoms with Gasteiger partial charge in [0.15, 0.2) is 0 Å². The number of amides is 1. The maximum Gasteiger partial charge on any atom is 0.266 e. The topological polar surface area (TPSA) is 79.9 Å². The molecule has 1 N–H and O–H groups in total. The Bertz CT molecular complexity index is 809. The van der Waals surface area contributed by atoms with Crippen molar-refractivity contribution in [1.29, 1.82) is 5.26 Å². The van der Waals surface area contributed by atoms with Crippen LogP contribution in [0.3, 0.4) is 0 Å². The van der Waals surface area contributed by atoms with Crippen molar-refractivity contribution in [3.8, 4) is 11.8 Å². The first-order chi connectivity index (χ1) is 11.6. The highest BCUT2D eigenvalue weighted by Crippen LogP contribution is 2.27. The minimum atomic E-state index is -0.538. The molecule has 1 aromatic carbocycles. The number of hydrogen-bond acceptors (Lipinski definition) is 4. The molecule has 1 heterocycles. The molecule has 0 fully saturated rings. The predicted octanol–water partition coefficient (Wildman–Crippen LogP) is 3.33. The van der Waals surface area contributed by atoms with E-state index in [0.29, 0.717) is 34.4 Å². The minimum Gasteiger partial charge on any atom is -0.495 e. The van der Waals surface area contributed by atoms with Crippen LogP contribution in [-0.4, -0.2) is 28.7 Å². The number of hydrogen-bond donors (Lipinski definition) is 1. The lowest BCUT2D eigenvalue weighted by Crippen LogP contribution is -2.13. The zero-order valence-electron chi connectivity index (χ0n) is 12.8. The van der Waals surface area contributed by atoms with Crippen molar-refractivity contribution in [2.24, 2.45) is 0 Å². The van der Waals surface area contributed by atoms with Crippen molar-refractivity contribution in [2.45, 2.75) is 6.54 Å². The van der Waals surface area contributed by atoms with Gasteiger partial charge < -0.3 is 10.1 Å². The number of nitrogens with one attached hydrogen (secondary N) is 1. The summed E-state index contributed by atoms with van der Waals surface area (Å²) in [6.07, 6.45) is 4.72. The Morgan fingerprint density at radius 3 is 2.96 bits per heavy atom. The lowest BCUT2D eigenvalue weighted by atomic mass is 10.2. The summed E-state index contributed by atoms with van der Waals surface area (Å²) in [6.45, 7) is 0.549. The Labute approximate surface area is 149 Å². The fourth-order valence-corrected chi connectivity index (χ4v) is 2.35. The van der Waals surface area contributed by atoms with E-state index in [1.807, 2.05) is 6.07 Å². The highest BCUT2D eigenvalue weighted by atomic mass is 35.5. The van der Waals surface area contributed by atoms with Crippen molar-refractivity contribution in [2.75, 3.05) is 18.3 Å². The number of benzene rings is 1. The van der Waals surface area contributed by atoms with Crippen LogP contribution in [0.15, 0.2) is 36.2 Å². The van der Waals surface area contributed by atoms with Gasteiger partial charge in [0.1, 0.15) is 17.4 Å². The second kappa shape index (κ2) is 8.39. The van der Waals surface area contributed by atoms with E-state index in [2.05, 4.69) is 10.4 Å². The third-order valence-corrected chi connectivity index (χ3v) is 3.52. The monoisotopic (exact) mass is 364 g/mol. The van der Waals surface area contributed by atoms with Crippen molar-refractivity contribution in [3.63, 3.8) is 0 Å². The number of carbonyl (C=O) groups is 1. The fourth-order valence-electron chi connectivity index (χ4n) is 1.92. The molecule has 0 aliphatic rings. The average molecular weight is 365 g/mol. The Morgan fingerprint density at radius 2 is 2.33 bits per heavy atom. The first kappa shape index (κ1) is 17.9. The number of alkyl halides is 1. The van der Waals surface area contributed by atoms with Gasteiger partial charge in [-0.3, -0.25) is 9.48 Å². The van der Waals surface area contributed by atoms with Crippen molar-refractivity contribution < 1.29 is 9.53 Å². The number of rotatable bonds is 6. The van der Waals surface area contributed by atoms with E-state index in [9.17, 15) is 10.1 Å². The van der Waals surface area contributed by atoms with Gasteiger partial charge in [0, 0.05) is 23.3 Å². The van der Waals surface area contributed by atoms with Gasteiger partial charge in [-0.2, -0.15) is 10.4 Å². The zero-order valence-corrected chi connectivity index (χ0v) is 14.3. The van der Waals surface area contributed by atoms with Crippen LogP contribution >= 0.6 is 23.2 Å². The van der Waals surface area contributed by atoms with Crippen molar-refractivity contribution >= 4 is 40.9 Å². The molecule has 6 nitrogen and oxygen atoms in total. The van der Waals surface area contributed by atoms with E-state index in [1.165, 1.54) is 13.2 Å². The number of halogens is 2. The van der Waals surface area contributed by atoms with Crippen molar-refractivity contribution in [3.05, 3.63) is 46.8 Å². The summed E-state index contributed by atoms with van der Waals surface area (Å²) in [6, 6.07) is 6.69. The minimum absolute atomic E-state index is 0.0487. The number of methoxy groups -OCH3 is 1. The van der Waals surface area contributed by atoms with E-state index in [0.717, 1.165) is 0 Å². The molecule has 124 valence electrons. The van der Waals surface area contributed by atoms with Gasteiger partial charge in [-0.15, -0.1) is 11.6 Å². The number of ether oxygens (including phenoxy) is 1. The molecule has 1 aromatic heterocycles. The molecule has 0 unspecified atom stereocenters. The van der Waals surface area contributed by atoms with E-state index in [1.54, 1.807) is 35.3 Å². The van der Waals surface area contributed by atoms with Crippen LogP contribution in [0.2, 0.25) is 5.02 Å². The average Bonchev–Trinajstić information content (AvgIpc) is 3.00. The Kier molecular flexibility index (Phi) is 6.24. The van der Waals surface area contributed by atoms with E-state index in [-0.39, 0.29) is 5.57 Å². The Balaban J connectivity index is 2.15. The number of anilines is 1. The second-order valence-corrected chi connectivity index (χ2v) is 5.48. The van der Waals surface area contributed by atoms with E-state index in [4.69, 9.17) is 27.9 Å². The smallest absolute Gasteiger partial charge is 0.266 e. The summed E-state index contributed by atoms with van der Waals surface area (Å²) in [7, 11) is 1.50. The molecule has 1 amide bonds. The molecule has 2 aromatic rings. The molecular weight excluding hydrogens is 351 g/mol. The predicted molar refractivity (Wildman–Crippen MR) is 93.2 cm³/mol. The van der Waals surface area contributed by atoms with Gasteiger partial charge in [-0.25, -0.2) is 0 Å². The second-order valence-electron chi connectivity index (χ2n) is 4.70. The summed E-state index contributed by atoms with van der Waals surface area (Å²) >= 11 is 11.7. The SMILES string of the molecule is COc1ccc(NC(=O)C(C#N)=Cc2cnn(CCCl)c2)cc1Cl. The molecule has 0 radical (unpaired) electrons. The summed E-state index contributed by atoms with van der Waals surface area (Å²) < 4.78 is 6.68. The Morgan fingerprint density at radius 1 is 1.54 bits per heavy atom. The molecular formula is C16H14Cl2N4O2. The van der Waals surface area contributed by atoms with Crippen LogP contribution in [0.25, 0.3) is 6.08 Å². The third-order valence-electron chi connectivity index (χ3n) is 3.05. The van der Waals surface area contributed by atoms with Crippen LogP contribution in [-0.2, 0) is 11.3 Å². The number of nitrogens with zero attached hydrogens (tertiary/aromatic N) is 3. The van der Waals surface area contributed by atoms with Crippen molar-refractivity contribution in [1.82, 2.24) is 9.78 Å². The first-order valence-electron chi connectivity index (χ1n) is 6.92. The maximum absolute atomic E-state index is 12.2. The summed E-state index contributed by atoms with van der Waals surface area (Å²) in [5.74, 6) is 0.385. The van der Waals surface area contributed by atoms with Crippen LogP contribution in [0.1, 0.15) is 5.56 Å². The molecule has 0 saturated carbocycles. The molecule has 2 rings (SSSR count). The molecule has 0 bridgehead atoms. The lowest BCUT2D eigenvalue weighted by Gasteiger charge is -2.07. The number of aryl methyl sites for hydroxylation is 1. The van der Waals surface area contributed by atoms with E-state index >= 15 is 0 Å². The molecule has 24 heavy (non-hydrogen) atoms. The van der Waals surface area contributed by atoms with Crippen LogP contribution < -0.4 is 10.1 Å². The fraction of sp³-hybridized carbons (Fsp3) is 0.188. The molecule has 0 aliphatic carbocycles. The molecule has 0 saturated heterocycles. The highest BCUT2D eigenvalue weighted by Gasteiger charge is 2.11.